The normalized spacial score (nSPS) is 13.4. The van der Waals surface area contributed by atoms with Crippen molar-refractivity contribution in [3.63, 3.8) is 0 Å². The summed E-state index contributed by atoms with van der Waals surface area (Å²) in [5, 5.41) is 0. The third-order valence-electron chi connectivity index (χ3n) is 4.38. The van der Waals surface area contributed by atoms with Crippen molar-refractivity contribution in [3.8, 4) is 12.3 Å². The van der Waals surface area contributed by atoms with Crippen molar-refractivity contribution in [2.45, 2.75) is 39.3 Å². The highest BCUT2D eigenvalue weighted by atomic mass is 16.5. The lowest BCUT2D eigenvalue weighted by molar-refractivity contribution is -0.903. The molecule has 0 aliphatic rings. The molecule has 0 radical (unpaired) electrons. The van der Waals surface area contributed by atoms with Crippen LogP contribution in [0.1, 0.15) is 32.3 Å². The second kappa shape index (κ2) is 10.1. The lowest BCUT2D eigenvalue weighted by atomic mass is 9.98. The van der Waals surface area contributed by atoms with E-state index in [1.165, 1.54) is 16.7 Å². The molecule has 0 aliphatic carbocycles. The summed E-state index contributed by atoms with van der Waals surface area (Å²) in [6.45, 7) is 10.5. The van der Waals surface area contributed by atoms with E-state index in [4.69, 9.17) is 11.2 Å². The van der Waals surface area contributed by atoms with Crippen LogP contribution in [0.2, 0.25) is 0 Å². The molecule has 1 aromatic carbocycles. The summed E-state index contributed by atoms with van der Waals surface area (Å²) in [7, 11) is 4.36. The minimum atomic E-state index is 0.384. The first-order valence-corrected chi connectivity index (χ1v) is 8.55. The van der Waals surface area contributed by atoms with E-state index >= 15 is 0 Å². The number of nitrogens with zero attached hydrogens (tertiary/aromatic N) is 1. The molecule has 1 atom stereocenters. The topological polar surface area (TPSA) is 9.23 Å². The predicted octanol–water partition coefficient (Wildman–Crippen LogP) is 4.58. The molecular weight excluding hydrogens is 294 g/mol. The zero-order chi connectivity index (χ0) is 18.0. The fourth-order valence-corrected chi connectivity index (χ4v) is 2.96. The van der Waals surface area contributed by atoms with E-state index in [1.807, 2.05) is 18.2 Å². The molecule has 0 bridgehead atoms. The van der Waals surface area contributed by atoms with Crippen molar-refractivity contribution in [2.75, 3.05) is 27.2 Å². The van der Waals surface area contributed by atoms with Gasteiger partial charge in [-0.05, 0) is 37.3 Å². The first kappa shape index (κ1) is 20.2. The van der Waals surface area contributed by atoms with E-state index in [2.05, 4.69) is 58.7 Å². The quantitative estimate of drug-likeness (QED) is 0.265. The Labute approximate surface area is 148 Å². The first-order chi connectivity index (χ1) is 11.4. The van der Waals surface area contributed by atoms with Gasteiger partial charge in [0.15, 0.2) is 0 Å². The fourth-order valence-electron chi connectivity index (χ4n) is 2.96. The summed E-state index contributed by atoms with van der Waals surface area (Å²) in [6.07, 6.45) is 9.80. The Morgan fingerprint density at radius 2 is 1.96 bits per heavy atom. The number of rotatable bonds is 10. The van der Waals surface area contributed by atoms with E-state index in [-0.39, 0.29) is 0 Å². The minimum Gasteiger partial charge on any atom is -0.373 e. The van der Waals surface area contributed by atoms with Gasteiger partial charge in [-0.1, -0.05) is 48.6 Å². The van der Waals surface area contributed by atoms with Crippen molar-refractivity contribution >= 4 is 0 Å². The van der Waals surface area contributed by atoms with Gasteiger partial charge >= 0.3 is 0 Å². The Balaban J connectivity index is 2.43. The highest BCUT2D eigenvalue weighted by Gasteiger charge is 2.27. The monoisotopic (exact) mass is 326 g/mol. The smallest absolute Gasteiger partial charge is 0.140 e. The van der Waals surface area contributed by atoms with Gasteiger partial charge in [-0.15, -0.1) is 6.42 Å². The molecule has 0 fully saturated rings. The molecular formula is C22H32NO+. The van der Waals surface area contributed by atoms with Gasteiger partial charge < -0.3 is 9.22 Å². The van der Waals surface area contributed by atoms with Crippen molar-refractivity contribution in [2.24, 2.45) is 0 Å². The molecule has 2 heteroatoms. The molecule has 0 amide bonds. The zero-order valence-corrected chi connectivity index (χ0v) is 15.7. The molecule has 1 aromatic rings. The lowest BCUT2D eigenvalue weighted by Gasteiger charge is -2.37. The maximum Gasteiger partial charge on any atom is 0.140 e. The fraction of sp³-hybridized carbons (Fsp3) is 0.455. The summed E-state index contributed by atoms with van der Waals surface area (Å²) in [5.41, 5.74) is 3.76. The van der Waals surface area contributed by atoms with Crippen LogP contribution in [0.3, 0.4) is 0 Å². The average molecular weight is 327 g/mol. The van der Waals surface area contributed by atoms with Gasteiger partial charge in [0.25, 0.3) is 0 Å². The molecule has 0 heterocycles. The van der Waals surface area contributed by atoms with Gasteiger partial charge in [-0.3, -0.25) is 0 Å². The number of likely N-dealkylation sites (N-methyl/N-ethyl adjacent to an activating group) is 1. The van der Waals surface area contributed by atoms with E-state index in [0.717, 1.165) is 23.9 Å². The molecule has 0 N–H and O–H groups in total. The standard InChI is InChI=1S/C22H32NO/c1-7-16-23(5,6)22(19(2)3)14-13-20(4)15-17-24-18-21-11-9-8-10-12-21/h1,8-12,15,22H,2,13-14,16-18H2,3-6H3/q+1/b20-15+. The van der Waals surface area contributed by atoms with Crippen LogP contribution in [0.15, 0.2) is 54.1 Å². The Bertz CT molecular complexity index is 578. The van der Waals surface area contributed by atoms with Gasteiger partial charge in [0.05, 0.1) is 27.3 Å². The zero-order valence-electron chi connectivity index (χ0n) is 15.7. The third-order valence-corrected chi connectivity index (χ3v) is 4.38. The summed E-state index contributed by atoms with van der Waals surface area (Å²) in [6, 6.07) is 10.6. The SMILES string of the molecule is C#CC[N+](C)(C)C(CC/C(C)=C/COCc1ccccc1)C(=C)C. The molecule has 0 aliphatic heterocycles. The number of ether oxygens (including phenoxy) is 1. The number of benzene rings is 1. The number of hydrogen-bond acceptors (Lipinski definition) is 1. The summed E-state index contributed by atoms with van der Waals surface area (Å²) >= 11 is 0. The first-order valence-electron chi connectivity index (χ1n) is 8.55. The summed E-state index contributed by atoms with van der Waals surface area (Å²) in [4.78, 5) is 0. The van der Waals surface area contributed by atoms with Crippen molar-refractivity contribution in [3.05, 3.63) is 59.7 Å². The summed E-state index contributed by atoms with van der Waals surface area (Å²) < 4.78 is 6.52. The van der Waals surface area contributed by atoms with Crippen LogP contribution in [0.25, 0.3) is 0 Å². The molecule has 130 valence electrons. The highest BCUT2D eigenvalue weighted by Crippen LogP contribution is 2.21. The number of hydrogen-bond donors (Lipinski definition) is 0. The van der Waals surface area contributed by atoms with E-state index in [1.54, 1.807) is 0 Å². The minimum absolute atomic E-state index is 0.384. The molecule has 1 rings (SSSR count). The lowest BCUT2D eigenvalue weighted by Crippen LogP contribution is -2.49. The van der Waals surface area contributed by atoms with Gasteiger partial charge in [0.1, 0.15) is 12.6 Å². The average Bonchev–Trinajstić information content (AvgIpc) is 2.52. The van der Waals surface area contributed by atoms with Crippen molar-refractivity contribution < 1.29 is 9.22 Å². The summed E-state index contributed by atoms with van der Waals surface area (Å²) in [5.74, 6) is 2.78. The molecule has 0 saturated carbocycles. The second-order valence-electron chi connectivity index (χ2n) is 7.09. The predicted molar refractivity (Wildman–Crippen MR) is 103 cm³/mol. The van der Waals surface area contributed by atoms with E-state index in [0.29, 0.717) is 19.3 Å². The Morgan fingerprint density at radius 1 is 1.29 bits per heavy atom. The maximum absolute atomic E-state index is 5.73. The van der Waals surface area contributed by atoms with Crippen LogP contribution in [0.4, 0.5) is 0 Å². The molecule has 0 spiro atoms. The molecule has 24 heavy (non-hydrogen) atoms. The number of terminal acetylenes is 1. The Morgan fingerprint density at radius 3 is 2.54 bits per heavy atom. The molecule has 2 nitrogen and oxygen atoms in total. The largest absolute Gasteiger partial charge is 0.373 e. The Hall–Kier alpha value is -1.82. The van der Waals surface area contributed by atoms with Crippen LogP contribution in [-0.2, 0) is 11.3 Å². The van der Waals surface area contributed by atoms with E-state index in [9.17, 15) is 0 Å². The van der Waals surface area contributed by atoms with Crippen molar-refractivity contribution in [1.82, 2.24) is 0 Å². The number of allylic oxidation sites excluding steroid dienone is 1. The molecule has 1 unspecified atom stereocenters. The van der Waals surface area contributed by atoms with Gasteiger partial charge in [0.2, 0.25) is 0 Å². The van der Waals surface area contributed by atoms with Crippen LogP contribution in [0.5, 0.6) is 0 Å². The highest BCUT2D eigenvalue weighted by molar-refractivity contribution is 5.13. The van der Waals surface area contributed by atoms with Crippen LogP contribution in [-0.4, -0.2) is 37.8 Å². The third kappa shape index (κ3) is 7.17. The Kier molecular flexibility index (Phi) is 8.54. The van der Waals surface area contributed by atoms with Gasteiger partial charge in [0, 0.05) is 6.42 Å². The van der Waals surface area contributed by atoms with Crippen molar-refractivity contribution in [1.29, 1.82) is 0 Å². The van der Waals surface area contributed by atoms with Gasteiger partial charge in [-0.25, -0.2) is 0 Å². The second-order valence-corrected chi connectivity index (χ2v) is 7.09. The maximum atomic E-state index is 5.73. The van der Waals surface area contributed by atoms with Crippen LogP contribution >= 0.6 is 0 Å². The van der Waals surface area contributed by atoms with Gasteiger partial charge in [-0.2, -0.15) is 0 Å². The number of quaternary nitrogens is 1. The molecule has 0 aromatic heterocycles. The van der Waals surface area contributed by atoms with Crippen LogP contribution < -0.4 is 0 Å². The van der Waals surface area contributed by atoms with Crippen LogP contribution in [0, 0.1) is 12.3 Å². The van der Waals surface area contributed by atoms with E-state index < -0.39 is 0 Å². The molecule has 0 saturated heterocycles.